The second-order valence-corrected chi connectivity index (χ2v) is 9.24. The summed E-state index contributed by atoms with van der Waals surface area (Å²) in [5, 5.41) is 0. The highest BCUT2D eigenvalue weighted by Crippen LogP contribution is 2.33. The molecule has 6 nitrogen and oxygen atoms in total. The first kappa shape index (κ1) is 20.4. The minimum atomic E-state index is -3.67. The van der Waals surface area contributed by atoms with Gasteiger partial charge >= 0.3 is 0 Å². The summed E-state index contributed by atoms with van der Waals surface area (Å²) in [5.74, 6) is -0.253. The summed E-state index contributed by atoms with van der Waals surface area (Å²) < 4.78 is 43.1. The third kappa shape index (κ3) is 4.06. The number of hydrogen-bond donors (Lipinski definition) is 1. The molecule has 0 aliphatic carbocycles. The average molecular weight is 427 g/mol. The predicted molar refractivity (Wildman–Crippen MR) is 115 cm³/mol. The molecule has 0 amide bonds. The van der Waals surface area contributed by atoms with Crippen LogP contribution in [0.25, 0.3) is 22.4 Å². The summed E-state index contributed by atoms with van der Waals surface area (Å²) >= 11 is 0. The molecule has 2 aromatic carbocycles. The van der Waals surface area contributed by atoms with Gasteiger partial charge in [-0.2, -0.15) is 4.31 Å². The van der Waals surface area contributed by atoms with E-state index in [0.717, 1.165) is 25.7 Å². The van der Waals surface area contributed by atoms with Crippen LogP contribution in [0.5, 0.6) is 0 Å². The van der Waals surface area contributed by atoms with Gasteiger partial charge < -0.3 is 5.73 Å². The van der Waals surface area contributed by atoms with Crippen molar-refractivity contribution in [2.45, 2.75) is 30.6 Å². The number of halogens is 1. The van der Waals surface area contributed by atoms with E-state index < -0.39 is 15.8 Å². The molecule has 30 heavy (non-hydrogen) atoms. The highest BCUT2D eigenvalue weighted by molar-refractivity contribution is 7.89. The molecule has 1 fully saturated rings. The Labute approximate surface area is 175 Å². The molecule has 3 aromatic rings. The van der Waals surface area contributed by atoms with Crippen molar-refractivity contribution >= 4 is 15.8 Å². The van der Waals surface area contributed by atoms with Crippen molar-refractivity contribution in [3.8, 4) is 22.4 Å². The fourth-order valence-corrected chi connectivity index (χ4v) is 5.45. The molecule has 1 saturated heterocycles. The summed E-state index contributed by atoms with van der Waals surface area (Å²) in [6.07, 6.45) is 6.56. The SMILES string of the molecule is Nc1cnc(-c2ccc(-c3ccccc3S(=O)(=O)N3CCCCCC3)cc2F)cn1. The molecule has 2 heterocycles. The first-order valence-corrected chi connectivity index (χ1v) is 11.4. The molecule has 4 rings (SSSR count). The molecule has 156 valence electrons. The highest BCUT2D eigenvalue weighted by atomic mass is 32.2. The van der Waals surface area contributed by atoms with Crippen molar-refractivity contribution in [2.75, 3.05) is 18.8 Å². The van der Waals surface area contributed by atoms with Crippen molar-refractivity contribution in [1.29, 1.82) is 0 Å². The first-order valence-electron chi connectivity index (χ1n) is 9.94. The van der Waals surface area contributed by atoms with Crippen LogP contribution in [0, 0.1) is 5.82 Å². The van der Waals surface area contributed by atoms with Crippen LogP contribution in [0.2, 0.25) is 0 Å². The second-order valence-electron chi connectivity index (χ2n) is 7.34. The largest absolute Gasteiger partial charge is 0.382 e. The average Bonchev–Trinajstić information content (AvgIpc) is 3.05. The van der Waals surface area contributed by atoms with Gasteiger partial charge in [0, 0.05) is 24.2 Å². The van der Waals surface area contributed by atoms with Gasteiger partial charge in [-0.15, -0.1) is 0 Å². The Bertz CT molecular complexity index is 1140. The first-order chi connectivity index (χ1) is 14.5. The molecule has 0 saturated carbocycles. The van der Waals surface area contributed by atoms with Gasteiger partial charge in [-0.1, -0.05) is 37.1 Å². The van der Waals surface area contributed by atoms with Crippen LogP contribution in [-0.4, -0.2) is 35.8 Å². The molecular formula is C22H23FN4O2S. The number of benzene rings is 2. The van der Waals surface area contributed by atoms with E-state index >= 15 is 0 Å². The van der Waals surface area contributed by atoms with Crippen LogP contribution in [0.4, 0.5) is 10.2 Å². The van der Waals surface area contributed by atoms with Gasteiger partial charge in [-0.05, 0) is 36.6 Å². The summed E-state index contributed by atoms with van der Waals surface area (Å²) in [5.41, 5.74) is 7.16. The zero-order chi connectivity index (χ0) is 21.1. The van der Waals surface area contributed by atoms with Crippen molar-refractivity contribution in [2.24, 2.45) is 0 Å². The molecule has 2 N–H and O–H groups in total. The number of aromatic nitrogens is 2. The van der Waals surface area contributed by atoms with Crippen LogP contribution in [0.3, 0.4) is 0 Å². The van der Waals surface area contributed by atoms with E-state index in [4.69, 9.17) is 5.73 Å². The Morgan fingerprint density at radius 3 is 2.30 bits per heavy atom. The number of anilines is 1. The molecule has 0 unspecified atom stereocenters. The molecule has 8 heteroatoms. The number of sulfonamides is 1. The van der Waals surface area contributed by atoms with E-state index in [1.165, 1.54) is 18.5 Å². The minimum absolute atomic E-state index is 0.200. The molecule has 1 aromatic heterocycles. The van der Waals surface area contributed by atoms with Crippen molar-refractivity contribution in [3.05, 3.63) is 60.7 Å². The molecular weight excluding hydrogens is 403 g/mol. The smallest absolute Gasteiger partial charge is 0.243 e. The van der Waals surface area contributed by atoms with Crippen LogP contribution in [0.1, 0.15) is 25.7 Å². The molecule has 1 aliphatic rings. The molecule has 0 radical (unpaired) electrons. The summed E-state index contributed by atoms with van der Waals surface area (Å²) in [6, 6.07) is 11.4. The maximum Gasteiger partial charge on any atom is 0.243 e. The lowest BCUT2D eigenvalue weighted by molar-refractivity contribution is 0.424. The van der Waals surface area contributed by atoms with Crippen molar-refractivity contribution in [3.63, 3.8) is 0 Å². The number of nitrogen functional groups attached to an aromatic ring is 1. The topological polar surface area (TPSA) is 89.2 Å². The van der Waals surface area contributed by atoms with Crippen molar-refractivity contribution < 1.29 is 12.8 Å². The Balaban J connectivity index is 1.73. The van der Waals surface area contributed by atoms with E-state index in [0.29, 0.717) is 29.9 Å². The standard InChI is InChI=1S/C22H23FN4O2S/c23-19-13-16(9-10-18(19)20-14-26-22(24)15-25-20)17-7-3-4-8-21(17)30(28,29)27-11-5-1-2-6-12-27/h3-4,7-10,13-15H,1-2,5-6,11-12H2,(H2,24,26). The Kier molecular flexibility index (Phi) is 5.78. The third-order valence-corrected chi connectivity index (χ3v) is 7.25. The van der Waals surface area contributed by atoms with E-state index in [2.05, 4.69) is 9.97 Å². The maximum absolute atomic E-state index is 14.9. The lowest BCUT2D eigenvalue weighted by Gasteiger charge is -2.22. The van der Waals surface area contributed by atoms with E-state index in [1.807, 2.05) is 0 Å². The maximum atomic E-state index is 14.9. The Morgan fingerprint density at radius 2 is 1.63 bits per heavy atom. The second kappa shape index (κ2) is 8.49. The van der Waals surface area contributed by atoms with Gasteiger partial charge in [0.2, 0.25) is 10.0 Å². The van der Waals surface area contributed by atoms with E-state index in [-0.39, 0.29) is 16.3 Å². The Hall–Kier alpha value is -2.84. The zero-order valence-corrected chi connectivity index (χ0v) is 17.3. The fourth-order valence-electron chi connectivity index (χ4n) is 3.72. The predicted octanol–water partition coefficient (Wildman–Crippen LogP) is 4.10. The van der Waals surface area contributed by atoms with Crippen LogP contribution in [0.15, 0.2) is 59.8 Å². The van der Waals surface area contributed by atoms with Crippen molar-refractivity contribution in [1.82, 2.24) is 14.3 Å². The van der Waals surface area contributed by atoms with Crippen LogP contribution >= 0.6 is 0 Å². The summed E-state index contributed by atoms with van der Waals surface area (Å²) in [4.78, 5) is 8.26. The zero-order valence-electron chi connectivity index (χ0n) is 16.5. The molecule has 1 aliphatic heterocycles. The molecule has 0 bridgehead atoms. The van der Waals surface area contributed by atoms with E-state index in [9.17, 15) is 12.8 Å². The van der Waals surface area contributed by atoms with Gasteiger partial charge in [0.25, 0.3) is 0 Å². The number of nitrogens with two attached hydrogens (primary N) is 1. The Morgan fingerprint density at radius 1 is 0.900 bits per heavy atom. The van der Waals surface area contributed by atoms with Gasteiger partial charge in [-0.3, -0.25) is 4.98 Å². The normalized spacial score (nSPS) is 15.6. The van der Waals surface area contributed by atoms with Gasteiger partial charge in [0.05, 0.1) is 23.0 Å². The third-order valence-electron chi connectivity index (χ3n) is 5.30. The number of hydrogen-bond acceptors (Lipinski definition) is 5. The quantitative estimate of drug-likeness (QED) is 0.679. The van der Waals surface area contributed by atoms with E-state index in [1.54, 1.807) is 40.7 Å². The molecule has 0 spiro atoms. The van der Waals surface area contributed by atoms with Gasteiger partial charge in [-0.25, -0.2) is 17.8 Å². The lowest BCUT2D eigenvalue weighted by Crippen LogP contribution is -2.32. The van der Waals surface area contributed by atoms with Gasteiger partial charge in [0.15, 0.2) is 0 Å². The van der Waals surface area contributed by atoms with Gasteiger partial charge in [0.1, 0.15) is 11.6 Å². The summed E-state index contributed by atoms with van der Waals surface area (Å²) in [7, 11) is -3.67. The van der Waals surface area contributed by atoms with Crippen LogP contribution < -0.4 is 5.73 Å². The molecule has 0 atom stereocenters. The summed E-state index contributed by atoms with van der Waals surface area (Å²) in [6.45, 7) is 1.03. The monoisotopic (exact) mass is 426 g/mol. The fraction of sp³-hybridized carbons (Fsp3) is 0.273. The number of rotatable bonds is 4. The minimum Gasteiger partial charge on any atom is -0.382 e. The van der Waals surface area contributed by atoms with Crippen LogP contribution in [-0.2, 0) is 10.0 Å². The number of nitrogens with zero attached hydrogens (tertiary/aromatic N) is 3. The highest BCUT2D eigenvalue weighted by Gasteiger charge is 2.27. The lowest BCUT2D eigenvalue weighted by atomic mass is 10.0.